The van der Waals surface area contributed by atoms with Crippen molar-refractivity contribution in [1.82, 2.24) is 20.0 Å². The van der Waals surface area contributed by atoms with Crippen molar-refractivity contribution in [1.29, 1.82) is 0 Å². The van der Waals surface area contributed by atoms with Crippen LogP contribution in [0, 0.1) is 5.92 Å². The standard InChI is InChI=1S/C18H22N4O2/c23-17(11-13-5-6-13)22-10-2-4-15(22)7-8-16-20-18(24-21-16)14-3-1-9-19-12-14/h1,3,9,12-13,15H,2,4-8,10-11H2/t15-/m1/s1. The number of hydrogen-bond donors (Lipinski definition) is 0. The quantitative estimate of drug-likeness (QED) is 0.816. The Hall–Kier alpha value is -2.24. The van der Waals surface area contributed by atoms with Crippen molar-refractivity contribution >= 4 is 5.91 Å². The number of amides is 1. The van der Waals surface area contributed by atoms with Crippen LogP contribution in [0.25, 0.3) is 11.5 Å². The molecule has 2 aromatic heterocycles. The highest BCUT2D eigenvalue weighted by molar-refractivity contribution is 5.77. The number of aryl methyl sites for hydroxylation is 1. The predicted octanol–water partition coefficient (Wildman–Crippen LogP) is 2.86. The van der Waals surface area contributed by atoms with E-state index in [1.165, 1.54) is 12.8 Å². The van der Waals surface area contributed by atoms with Crippen LogP contribution >= 0.6 is 0 Å². The smallest absolute Gasteiger partial charge is 0.259 e. The van der Waals surface area contributed by atoms with Crippen molar-refractivity contribution in [3.05, 3.63) is 30.4 Å². The third kappa shape index (κ3) is 3.47. The van der Waals surface area contributed by atoms with Gasteiger partial charge in [-0.15, -0.1) is 0 Å². The molecule has 0 unspecified atom stereocenters. The third-order valence-corrected chi connectivity index (χ3v) is 4.94. The van der Waals surface area contributed by atoms with Crippen molar-refractivity contribution in [2.45, 2.75) is 51.0 Å². The van der Waals surface area contributed by atoms with Crippen LogP contribution in [0.4, 0.5) is 0 Å². The molecule has 1 saturated heterocycles. The highest BCUT2D eigenvalue weighted by Crippen LogP contribution is 2.34. The molecule has 0 aromatic carbocycles. The summed E-state index contributed by atoms with van der Waals surface area (Å²) in [5.41, 5.74) is 0.832. The number of likely N-dealkylation sites (tertiary alicyclic amines) is 1. The van der Waals surface area contributed by atoms with Gasteiger partial charge in [-0.2, -0.15) is 4.98 Å². The van der Waals surface area contributed by atoms with E-state index in [1.807, 2.05) is 12.1 Å². The summed E-state index contributed by atoms with van der Waals surface area (Å²) < 4.78 is 5.32. The Balaban J connectivity index is 1.34. The fraction of sp³-hybridized carbons (Fsp3) is 0.556. The lowest BCUT2D eigenvalue weighted by molar-refractivity contribution is -0.132. The third-order valence-electron chi connectivity index (χ3n) is 4.94. The molecule has 0 spiro atoms. The molecule has 1 atom stereocenters. The molecule has 6 heteroatoms. The van der Waals surface area contributed by atoms with E-state index in [9.17, 15) is 4.79 Å². The molecular formula is C18H22N4O2. The highest BCUT2D eigenvalue weighted by atomic mass is 16.5. The van der Waals surface area contributed by atoms with E-state index in [2.05, 4.69) is 20.0 Å². The lowest BCUT2D eigenvalue weighted by atomic mass is 10.1. The van der Waals surface area contributed by atoms with Gasteiger partial charge in [-0.05, 0) is 50.2 Å². The minimum Gasteiger partial charge on any atom is -0.340 e. The normalized spacial score (nSPS) is 20.5. The first-order valence-electron chi connectivity index (χ1n) is 8.82. The van der Waals surface area contributed by atoms with Gasteiger partial charge in [-0.3, -0.25) is 9.78 Å². The van der Waals surface area contributed by atoms with E-state index < -0.39 is 0 Å². The average Bonchev–Trinajstić information content (AvgIpc) is 3.12. The van der Waals surface area contributed by atoms with E-state index >= 15 is 0 Å². The Morgan fingerprint density at radius 1 is 1.33 bits per heavy atom. The molecule has 2 aliphatic rings. The summed E-state index contributed by atoms with van der Waals surface area (Å²) in [6.45, 7) is 0.906. The maximum Gasteiger partial charge on any atom is 0.259 e. The number of nitrogens with zero attached hydrogens (tertiary/aromatic N) is 4. The van der Waals surface area contributed by atoms with Gasteiger partial charge < -0.3 is 9.42 Å². The maximum absolute atomic E-state index is 12.4. The Bertz CT molecular complexity index is 696. The molecule has 2 aromatic rings. The van der Waals surface area contributed by atoms with Gasteiger partial charge in [-0.25, -0.2) is 0 Å². The summed E-state index contributed by atoms with van der Waals surface area (Å²) in [5.74, 6) is 2.20. The summed E-state index contributed by atoms with van der Waals surface area (Å²) in [5, 5.41) is 4.06. The second kappa shape index (κ2) is 6.71. The molecule has 2 fully saturated rings. The summed E-state index contributed by atoms with van der Waals surface area (Å²) in [4.78, 5) is 23.0. The van der Waals surface area contributed by atoms with Crippen molar-refractivity contribution in [3.63, 3.8) is 0 Å². The average molecular weight is 326 g/mol. The van der Waals surface area contributed by atoms with Crippen LogP contribution in [-0.4, -0.2) is 38.5 Å². The highest BCUT2D eigenvalue weighted by Gasteiger charge is 2.32. The van der Waals surface area contributed by atoms with E-state index in [0.29, 0.717) is 29.6 Å². The Morgan fingerprint density at radius 2 is 2.25 bits per heavy atom. The van der Waals surface area contributed by atoms with Crippen LogP contribution in [0.3, 0.4) is 0 Å². The molecule has 4 rings (SSSR count). The molecule has 6 nitrogen and oxygen atoms in total. The predicted molar refractivity (Wildman–Crippen MR) is 87.9 cm³/mol. The summed E-state index contributed by atoms with van der Waals surface area (Å²) >= 11 is 0. The number of carbonyl (C=O) groups is 1. The monoisotopic (exact) mass is 326 g/mol. The topological polar surface area (TPSA) is 72.1 Å². The Morgan fingerprint density at radius 3 is 3.04 bits per heavy atom. The fourth-order valence-corrected chi connectivity index (χ4v) is 3.41. The van der Waals surface area contributed by atoms with Crippen LogP contribution in [0.2, 0.25) is 0 Å². The Kier molecular flexibility index (Phi) is 4.28. The molecule has 0 N–H and O–H groups in total. The van der Waals surface area contributed by atoms with Crippen LogP contribution in [-0.2, 0) is 11.2 Å². The first-order chi connectivity index (χ1) is 11.8. The van der Waals surface area contributed by atoms with E-state index in [1.54, 1.807) is 12.4 Å². The van der Waals surface area contributed by atoms with Gasteiger partial charge in [0, 0.05) is 37.8 Å². The van der Waals surface area contributed by atoms with Gasteiger partial charge >= 0.3 is 0 Å². The van der Waals surface area contributed by atoms with Gasteiger partial charge in [0.25, 0.3) is 5.89 Å². The summed E-state index contributed by atoms with van der Waals surface area (Å²) in [7, 11) is 0. The number of carbonyl (C=O) groups excluding carboxylic acids is 1. The molecule has 1 aliphatic carbocycles. The Labute approximate surface area is 141 Å². The summed E-state index contributed by atoms with van der Waals surface area (Å²) in [6, 6.07) is 4.08. The molecule has 0 radical (unpaired) electrons. The molecule has 1 saturated carbocycles. The van der Waals surface area contributed by atoms with E-state index in [4.69, 9.17) is 4.52 Å². The van der Waals surface area contributed by atoms with Gasteiger partial charge in [0.2, 0.25) is 5.91 Å². The van der Waals surface area contributed by atoms with Crippen molar-refractivity contribution in [2.75, 3.05) is 6.54 Å². The zero-order valence-electron chi connectivity index (χ0n) is 13.7. The minimum absolute atomic E-state index is 0.330. The van der Waals surface area contributed by atoms with E-state index in [0.717, 1.165) is 44.2 Å². The molecule has 0 bridgehead atoms. The number of pyridine rings is 1. The number of hydrogen-bond acceptors (Lipinski definition) is 5. The summed E-state index contributed by atoms with van der Waals surface area (Å²) in [6.07, 6.45) is 10.5. The zero-order valence-corrected chi connectivity index (χ0v) is 13.7. The van der Waals surface area contributed by atoms with Gasteiger partial charge in [0.1, 0.15) is 0 Å². The van der Waals surface area contributed by atoms with Crippen LogP contribution in [0.15, 0.2) is 29.0 Å². The van der Waals surface area contributed by atoms with Crippen molar-refractivity contribution < 1.29 is 9.32 Å². The molecule has 1 aliphatic heterocycles. The number of rotatable bonds is 6. The molecule has 126 valence electrons. The van der Waals surface area contributed by atoms with Crippen molar-refractivity contribution in [2.24, 2.45) is 5.92 Å². The first kappa shape index (κ1) is 15.3. The van der Waals surface area contributed by atoms with Crippen LogP contribution in [0.5, 0.6) is 0 Å². The molecule has 1 amide bonds. The minimum atomic E-state index is 0.330. The maximum atomic E-state index is 12.4. The lowest BCUT2D eigenvalue weighted by Crippen LogP contribution is -2.36. The van der Waals surface area contributed by atoms with Crippen LogP contribution < -0.4 is 0 Å². The fourth-order valence-electron chi connectivity index (χ4n) is 3.41. The lowest BCUT2D eigenvalue weighted by Gasteiger charge is -2.24. The van der Waals surface area contributed by atoms with Gasteiger partial charge in [0.15, 0.2) is 5.82 Å². The van der Waals surface area contributed by atoms with E-state index in [-0.39, 0.29) is 0 Å². The molecule has 24 heavy (non-hydrogen) atoms. The molecular weight excluding hydrogens is 304 g/mol. The SMILES string of the molecule is O=C(CC1CC1)N1CCC[C@@H]1CCc1noc(-c2cccnc2)n1. The van der Waals surface area contributed by atoms with Crippen LogP contribution in [0.1, 0.15) is 44.3 Å². The van der Waals surface area contributed by atoms with Gasteiger partial charge in [0.05, 0.1) is 5.56 Å². The molecule has 3 heterocycles. The first-order valence-corrected chi connectivity index (χ1v) is 8.82. The number of aromatic nitrogens is 3. The second-order valence-corrected chi connectivity index (χ2v) is 6.83. The zero-order chi connectivity index (χ0) is 16.4. The van der Waals surface area contributed by atoms with Gasteiger partial charge in [-0.1, -0.05) is 5.16 Å². The van der Waals surface area contributed by atoms with Crippen molar-refractivity contribution in [3.8, 4) is 11.5 Å². The largest absolute Gasteiger partial charge is 0.340 e. The second-order valence-electron chi connectivity index (χ2n) is 6.83.